The Labute approximate surface area is 125 Å². The molecular formula is C17H34N2O. The summed E-state index contributed by atoms with van der Waals surface area (Å²) < 4.78 is 0. The molecule has 0 aromatic heterocycles. The van der Waals surface area contributed by atoms with Gasteiger partial charge in [0.25, 0.3) is 0 Å². The maximum atomic E-state index is 12.9. The number of hydrogen-bond donors (Lipinski definition) is 1. The minimum atomic E-state index is -0.188. The molecule has 1 fully saturated rings. The molecule has 1 heterocycles. The van der Waals surface area contributed by atoms with Gasteiger partial charge in [-0.05, 0) is 51.0 Å². The standard InChI is InChI=1S/C17H34N2O/c1-14(2)7-11-19(12-8-15(3)4)16(20)17(5)9-6-10-18-13-17/h14-15,18H,6-13H2,1-5H3. The molecule has 3 nitrogen and oxygen atoms in total. The van der Waals surface area contributed by atoms with Crippen molar-refractivity contribution in [2.75, 3.05) is 26.2 Å². The first kappa shape index (κ1) is 17.5. The molecule has 0 aliphatic carbocycles. The van der Waals surface area contributed by atoms with Gasteiger partial charge in [0.15, 0.2) is 0 Å². The van der Waals surface area contributed by atoms with Crippen LogP contribution in [0.2, 0.25) is 0 Å². The van der Waals surface area contributed by atoms with Gasteiger partial charge in [-0.25, -0.2) is 0 Å². The fourth-order valence-electron chi connectivity index (χ4n) is 2.76. The summed E-state index contributed by atoms with van der Waals surface area (Å²) >= 11 is 0. The first-order chi connectivity index (χ1) is 9.35. The van der Waals surface area contributed by atoms with E-state index in [0.717, 1.165) is 51.9 Å². The molecule has 1 aliphatic rings. The quantitative estimate of drug-likeness (QED) is 0.777. The Morgan fingerprint density at radius 3 is 2.10 bits per heavy atom. The topological polar surface area (TPSA) is 32.3 Å². The Bertz CT molecular complexity index is 281. The van der Waals surface area contributed by atoms with Crippen molar-refractivity contribution < 1.29 is 4.79 Å². The average Bonchev–Trinajstić information content (AvgIpc) is 2.38. The Hall–Kier alpha value is -0.570. The van der Waals surface area contributed by atoms with Crippen molar-refractivity contribution in [2.24, 2.45) is 17.3 Å². The van der Waals surface area contributed by atoms with Crippen molar-refractivity contribution in [1.29, 1.82) is 0 Å². The molecule has 0 aromatic carbocycles. The van der Waals surface area contributed by atoms with Gasteiger partial charge in [-0.2, -0.15) is 0 Å². The van der Waals surface area contributed by atoms with Gasteiger partial charge in [0.2, 0.25) is 5.91 Å². The molecule has 1 aliphatic heterocycles. The van der Waals surface area contributed by atoms with Crippen LogP contribution < -0.4 is 5.32 Å². The summed E-state index contributed by atoms with van der Waals surface area (Å²) in [5.74, 6) is 1.68. The van der Waals surface area contributed by atoms with Gasteiger partial charge in [-0.3, -0.25) is 4.79 Å². The van der Waals surface area contributed by atoms with Crippen molar-refractivity contribution in [3.05, 3.63) is 0 Å². The van der Waals surface area contributed by atoms with Crippen molar-refractivity contribution in [3.8, 4) is 0 Å². The molecule has 0 radical (unpaired) electrons. The van der Waals surface area contributed by atoms with Crippen molar-refractivity contribution in [3.63, 3.8) is 0 Å². The molecule has 0 bridgehead atoms. The number of carbonyl (C=O) groups excluding carboxylic acids is 1. The van der Waals surface area contributed by atoms with E-state index in [9.17, 15) is 4.79 Å². The second kappa shape index (κ2) is 8.02. The van der Waals surface area contributed by atoms with Gasteiger partial charge in [-0.15, -0.1) is 0 Å². The third kappa shape index (κ3) is 5.43. The van der Waals surface area contributed by atoms with E-state index in [0.29, 0.717) is 17.7 Å². The molecule has 0 spiro atoms. The van der Waals surface area contributed by atoms with Crippen molar-refractivity contribution in [2.45, 2.75) is 60.3 Å². The second-order valence-electron chi connectivity index (χ2n) is 7.50. The van der Waals surface area contributed by atoms with Crippen LogP contribution in [0.15, 0.2) is 0 Å². The Morgan fingerprint density at radius 1 is 1.15 bits per heavy atom. The largest absolute Gasteiger partial charge is 0.342 e. The molecule has 1 unspecified atom stereocenters. The van der Waals surface area contributed by atoms with Gasteiger partial charge >= 0.3 is 0 Å². The van der Waals surface area contributed by atoms with E-state index in [1.807, 2.05) is 0 Å². The average molecular weight is 282 g/mol. The lowest BCUT2D eigenvalue weighted by molar-refractivity contribution is -0.142. The Balaban J connectivity index is 2.66. The van der Waals surface area contributed by atoms with Gasteiger partial charge in [-0.1, -0.05) is 27.7 Å². The fourth-order valence-corrected chi connectivity index (χ4v) is 2.76. The molecule has 1 rings (SSSR count). The number of carbonyl (C=O) groups is 1. The third-order valence-electron chi connectivity index (χ3n) is 4.35. The lowest BCUT2D eigenvalue weighted by Gasteiger charge is -2.38. The second-order valence-corrected chi connectivity index (χ2v) is 7.50. The van der Waals surface area contributed by atoms with Crippen LogP contribution in [-0.4, -0.2) is 37.0 Å². The van der Waals surface area contributed by atoms with E-state index >= 15 is 0 Å². The molecule has 1 atom stereocenters. The highest BCUT2D eigenvalue weighted by Gasteiger charge is 2.37. The molecule has 1 saturated heterocycles. The molecule has 20 heavy (non-hydrogen) atoms. The van der Waals surface area contributed by atoms with Crippen LogP contribution in [0.4, 0.5) is 0 Å². The van der Waals surface area contributed by atoms with Crippen LogP contribution >= 0.6 is 0 Å². The van der Waals surface area contributed by atoms with E-state index in [4.69, 9.17) is 0 Å². The molecule has 118 valence electrons. The highest BCUT2D eigenvalue weighted by molar-refractivity contribution is 5.82. The lowest BCUT2D eigenvalue weighted by Crippen LogP contribution is -2.51. The highest BCUT2D eigenvalue weighted by Crippen LogP contribution is 2.28. The maximum absolute atomic E-state index is 12.9. The van der Waals surface area contributed by atoms with Gasteiger partial charge in [0.1, 0.15) is 0 Å². The van der Waals surface area contributed by atoms with Gasteiger partial charge < -0.3 is 10.2 Å². The summed E-state index contributed by atoms with van der Waals surface area (Å²) in [7, 11) is 0. The SMILES string of the molecule is CC(C)CCN(CCC(C)C)C(=O)C1(C)CCCNC1. The fraction of sp³-hybridized carbons (Fsp3) is 0.941. The van der Waals surface area contributed by atoms with Crippen LogP contribution in [0, 0.1) is 17.3 Å². The smallest absolute Gasteiger partial charge is 0.229 e. The number of nitrogens with one attached hydrogen (secondary N) is 1. The molecular weight excluding hydrogens is 248 g/mol. The summed E-state index contributed by atoms with van der Waals surface area (Å²) in [6.07, 6.45) is 4.35. The number of piperidine rings is 1. The first-order valence-electron chi connectivity index (χ1n) is 8.35. The zero-order chi connectivity index (χ0) is 15.2. The first-order valence-corrected chi connectivity index (χ1v) is 8.35. The van der Waals surface area contributed by atoms with E-state index in [2.05, 4.69) is 44.8 Å². The van der Waals surface area contributed by atoms with Crippen molar-refractivity contribution >= 4 is 5.91 Å². The molecule has 1 amide bonds. The van der Waals surface area contributed by atoms with Crippen LogP contribution in [0.5, 0.6) is 0 Å². The molecule has 0 saturated carbocycles. The van der Waals surface area contributed by atoms with Crippen LogP contribution in [-0.2, 0) is 4.79 Å². The monoisotopic (exact) mass is 282 g/mol. The van der Waals surface area contributed by atoms with Gasteiger partial charge in [0.05, 0.1) is 5.41 Å². The normalized spacial score (nSPS) is 23.4. The van der Waals surface area contributed by atoms with Crippen LogP contribution in [0.3, 0.4) is 0 Å². The van der Waals surface area contributed by atoms with E-state index in [1.165, 1.54) is 0 Å². The van der Waals surface area contributed by atoms with Gasteiger partial charge in [0, 0.05) is 19.6 Å². The number of rotatable bonds is 7. The molecule has 1 N–H and O–H groups in total. The van der Waals surface area contributed by atoms with E-state index in [-0.39, 0.29) is 5.41 Å². The minimum absolute atomic E-state index is 0.188. The number of amides is 1. The number of hydrogen-bond acceptors (Lipinski definition) is 2. The highest BCUT2D eigenvalue weighted by atomic mass is 16.2. The summed E-state index contributed by atoms with van der Waals surface area (Å²) in [5.41, 5.74) is -0.188. The predicted octanol–water partition coefficient (Wildman–Crippen LogP) is 3.30. The summed E-state index contributed by atoms with van der Waals surface area (Å²) in [6, 6.07) is 0. The summed E-state index contributed by atoms with van der Waals surface area (Å²) in [4.78, 5) is 15.1. The Kier molecular flexibility index (Phi) is 7.01. The predicted molar refractivity (Wildman–Crippen MR) is 85.7 cm³/mol. The lowest BCUT2D eigenvalue weighted by atomic mass is 9.81. The maximum Gasteiger partial charge on any atom is 0.229 e. The zero-order valence-electron chi connectivity index (χ0n) is 14.2. The van der Waals surface area contributed by atoms with Crippen LogP contribution in [0.25, 0.3) is 0 Å². The van der Waals surface area contributed by atoms with E-state index in [1.54, 1.807) is 0 Å². The van der Waals surface area contributed by atoms with Crippen LogP contribution in [0.1, 0.15) is 60.3 Å². The van der Waals surface area contributed by atoms with Crippen molar-refractivity contribution in [1.82, 2.24) is 10.2 Å². The third-order valence-corrected chi connectivity index (χ3v) is 4.35. The summed E-state index contributed by atoms with van der Waals surface area (Å²) in [6.45, 7) is 14.8. The Morgan fingerprint density at radius 2 is 1.70 bits per heavy atom. The molecule has 0 aromatic rings. The molecule has 3 heteroatoms. The zero-order valence-corrected chi connectivity index (χ0v) is 14.2. The van der Waals surface area contributed by atoms with E-state index < -0.39 is 0 Å². The minimum Gasteiger partial charge on any atom is -0.342 e. The number of nitrogens with zero attached hydrogens (tertiary/aromatic N) is 1. The summed E-state index contributed by atoms with van der Waals surface area (Å²) in [5, 5.41) is 3.39.